The van der Waals surface area contributed by atoms with E-state index in [9.17, 15) is 5.11 Å². The van der Waals surface area contributed by atoms with Crippen LogP contribution in [0.25, 0.3) is 0 Å². The Hall–Kier alpha value is -0.830. The SMILES string of the molecule is CCc1ccc(CC(O)Cc2cccc(Cl)c2)s1. The highest BCUT2D eigenvalue weighted by molar-refractivity contribution is 7.11. The zero-order valence-electron chi connectivity index (χ0n) is 10.4. The monoisotopic (exact) mass is 280 g/mol. The molecule has 1 aromatic heterocycles. The average molecular weight is 281 g/mol. The molecule has 0 radical (unpaired) electrons. The molecule has 1 N–H and O–H groups in total. The maximum atomic E-state index is 10.1. The van der Waals surface area contributed by atoms with Crippen molar-refractivity contribution in [3.8, 4) is 0 Å². The topological polar surface area (TPSA) is 20.2 Å². The molecule has 18 heavy (non-hydrogen) atoms. The predicted octanol–water partition coefficient (Wildman–Crippen LogP) is 4.11. The molecule has 0 aliphatic carbocycles. The lowest BCUT2D eigenvalue weighted by molar-refractivity contribution is 0.176. The lowest BCUT2D eigenvalue weighted by atomic mass is 10.1. The van der Waals surface area contributed by atoms with Crippen molar-refractivity contribution in [3.05, 3.63) is 56.7 Å². The molecule has 0 fully saturated rings. The van der Waals surface area contributed by atoms with E-state index >= 15 is 0 Å². The summed E-state index contributed by atoms with van der Waals surface area (Å²) in [6, 6.07) is 11.9. The largest absolute Gasteiger partial charge is 0.392 e. The predicted molar refractivity (Wildman–Crippen MR) is 78.6 cm³/mol. The van der Waals surface area contributed by atoms with Crippen LogP contribution in [0, 0.1) is 0 Å². The minimum Gasteiger partial charge on any atom is -0.392 e. The number of aliphatic hydroxyl groups is 1. The smallest absolute Gasteiger partial charge is 0.0628 e. The minimum atomic E-state index is -0.341. The molecule has 96 valence electrons. The van der Waals surface area contributed by atoms with E-state index in [-0.39, 0.29) is 6.10 Å². The Morgan fingerprint density at radius 2 is 1.94 bits per heavy atom. The van der Waals surface area contributed by atoms with E-state index in [1.807, 2.05) is 24.3 Å². The van der Waals surface area contributed by atoms with E-state index in [4.69, 9.17) is 11.6 Å². The fourth-order valence-electron chi connectivity index (χ4n) is 1.96. The zero-order valence-corrected chi connectivity index (χ0v) is 12.0. The lowest BCUT2D eigenvalue weighted by Gasteiger charge is -2.09. The van der Waals surface area contributed by atoms with Gasteiger partial charge in [0.25, 0.3) is 0 Å². The maximum Gasteiger partial charge on any atom is 0.0628 e. The van der Waals surface area contributed by atoms with Crippen molar-refractivity contribution in [1.82, 2.24) is 0 Å². The molecule has 1 nitrogen and oxygen atoms in total. The summed E-state index contributed by atoms with van der Waals surface area (Å²) in [4.78, 5) is 2.63. The zero-order chi connectivity index (χ0) is 13.0. The first-order chi connectivity index (χ1) is 8.67. The Balaban J connectivity index is 1.94. The first-order valence-corrected chi connectivity index (χ1v) is 7.37. The van der Waals surface area contributed by atoms with Gasteiger partial charge in [0.1, 0.15) is 0 Å². The molecule has 0 aliphatic rings. The second-order valence-electron chi connectivity index (χ2n) is 4.41. The van der Waals surface area contributed by atoms with Crippen LogP contribution in [0.1, 0.15) is 22.2 Å². The average Bonchev–Trinajstić information content (AvgIpc) is 2.76. The van der Waals surface area contributed by atoms with Gasteiger partial charge in [0.15, 0.2) is 0 Å². The number of hydrogen-bond acceptors (Lipinski definition) is 2. The molecule has 0 aliphatic heterocycles. The van der Waals surface area contributed by atoms with Crippen molar-refractivity contribution in [2.75, 3.05) is 0 Å². The Bertz CT molecular complexity index is 507. The van der Waals surface area contributed by atoms with E-state index < -0.39 is 0 Å². The third-order valence-corrected chi connectivity index (χ3v) is 4.35. The van der Waals surface area contributed by atoms with Gasteiger partial charge in [0.2, 0.25) is 0 Å². The number of thiophene rings is 1. The Kier molecular flexibility index (Phi) is 4.81. The number of halogens is 1. The molecule has 1 heterocycles. The standard InChI is InChI=1S/C15H17ClOS/c1-2-14-6-7-15(18-14)10-13(17)9-11-4-3-5-12(16)8-11/h3-8,13,17H,2,9-10H2,1H3. The summed E-state index contributed by atoms with van der Waals surface area (Å²) < 4.78 is 0. The van der Waals surface area contributed by atoms with Gasteiger partial charge in [0.05, 0.1) is 6.10 Å². The fraction of sp³-hybridized carbons (Fsp3) is 0.333. The summed E-state index contributed by atoms with van der Waals surface area (Å²) in [6.45, 7) is 2.15. The number of aliphatic hydroxyl groups excluding tert-OH is 1. The van der Waals surface area contributed by atoms with Crippen molar-refractivity contribution in [3.63, 3.8) is 0 Å². The molecule has 1 aromatic carbocycles. The number of hydrogen-bond donors (Lipinski definition) is 1. The van der Waals surface area contributed by atoms with E-state index in [0.717, 1.165) is 23.4 Å². The van der Waals surface area contributed by atoms with Gasteiger partial charge in [0, 0.05) is 21.2 Å². The van der Waals surface area contributed by atoms with Crippen LogP contribution >= 0.6 is 22.9 Å². The summed E-state index contributed by atoms with van der Waals surface area (Å²) in [5, 5.41) is 10.8. The van der Waals surface area contributed by atoms with Crippen LogP contribution in [0.2, 0.25) is 5.02 Å². The van der Waals surface area contributed by atoms with Crippen LogP contribution in [-0.4, -0.2) is 11.2 Å². The van der Waals surface area contributed by atoms with Crippen molar-refractivity contribution in [1.29, 1.82) is 0 Å². The van der Waals surface area contributed by atoms with Crippen LogP contribution < -0.4 is 0 Å². The molecule has 2 rings (SSSR count). The molecule has 0 saturated carbocycles. The van der Waals surface area contributed by atoms with Gasteiger partial charge in [-0.1, -0.05) is 30.7 Å². The summed E-state index contributed by atoms with van der Waals surface area (Å²) in [5.41, 5.74) is 1.09. The fourth-order valence-corrected chi connectivity index (χ4v) is 3.20. The van der Waals surface area contributed by atoms with Crippen LogP contribution in [0.4, 0.5) is 0 Å². The molecular weight excluding hydrogens is 264 g/mol. The third kappa shape index (κ3) is 3.84. The normalized spacial score (nSPS) is 12.6. The van der Waals surface area contributed by atoms with Gasteiger partial charge in [-0.2, -0.15) is 0 Å². The summed E-state index contributed by atoms with van der Waals surface area (Å²) in [6.07, 6.45) is 2.10. The van der Waals surface area contributed by atoms with Crippen molar-refractivity contribution >= 4 is 22.9 Å². The summed E-state index contributed by atoms with van der Waals surface area (Å²) in [7, 11) is 0. The number of aryl methyl sites for hydroxylation is 1. The van der Waals surface area contributed by atoms with Crippen LogP contribution in [-0.2, 0) is 19.3 Å². The van der Waals surface area contributed by atoms with Crippen molar-refractivity contribution < 1.29 is 5.11 Å². The van der Waals surface area contributed by atoms with Crippen LogP contribution in [0.3, 0.4) is 0 Å². The van der Waals surface area contributed by atoms with Crippen LogP contribution in [0.15, 0.2) is 36.4 Å². The second-order valence-corrected chi connectivity index (χ2v) is 6.10. The number of rotatable bonds is 5. The Labute approximate surface area is 117 Å². The van der Waals surface area contributed by atoms with Gasteiger partial charge >= 0.3 is 0 Å². The molecule has 0 spiro atoms. The van der Waals surface area contributed by atoms with Gasteiger partial charge in [-0.15, -0.1) is 11.3 Å². The highest BCUT2D eigenvalue weighted by atomic mass is 35.5. The van der Waals surface area contributed by atoms with E-state index in [0.29, 0.717) is 6.42 Å². The van der Waals surface area contributed by atoms with Crippen molar-refractivity contribution in [2.24, 2.45) is 0 Å². The molecule has 3 heteroatoms. The highest BCUT2D eigenvalue weighted by Crippen LogP contribution is 2.20. The molecular formula is C15H17ClOS. The van der Waals surface area contributed by atoms with E-state index in [1.165, 1.54) is 9.75 Å². The molecule has 0 amide bonds. The number of benzene rings is 1. The first-order valence-electron chi connectivity index (χ1n) is 6.17. The van der Waals surface area contributed by atoms with Gasteiger partial charge in [-0.3, -0.25) is 0 Å². The van der Waals surface area contributed by atoms with Gasteiger partial charge in [-0.05, 0) is 42.7 Å². The van der Waals surface area contributed by atoms with E-state index in [2.05, 4.69) is 19.1 Å². The Morgan fingerprint density at radius 3 is 2.61 bits per heavy atom. The quantitative estimate of drug-likeness (QED) is 0.874. The van der Waals surface area contributed by atoms with E-state index in [1.54, 1.807) is 11.3 Å². The Morgan fingerprint density at radius 1 is 1.17 bits per heavy atom. The third-order valence-electron chi connectivity index (χ3n) is 2.86. The van der Waals surface area contributed by atoms with Crippen LogP contribution in [0.5, 0.6) is 0 Å². The highest BCUT2D eigenvalue weighted by Gasteiger charge is 2.09. The van der Waals surface area contributed by atoms with Crippen molar-refractivity contribution in [2.45, 2.75) is 32.3 Å². The first kappa shape index (κ1) is 13.6. The van der Waals surface area contributed by atoms with Gasteiger partial charge in [-0.25, -0.2) is 0 Å². The summed E-state index contributed by atoms with van der Waals surface area (Å²) >= 11 is 7.72. The molecule has 0 saturated heterocycles. The molecule has 1 atom stereocenters. The molecule has 0 bridgehead atoms. The lowest BCUT2D eigenvalue weighted by Crippen LogP contribution is -2.13. The minimum absolute atomic E-state index is 0.341. The molecule has 1 unspecified atom stereocenters. The van der Waals surface area contributed by atoms with Gasteiger partial charge < -0.3 is 5.11 Å². The molecule has 2 aromatic rings. The second kappa shape index (κ2) is 6.37. The summed E-state index contributed by atoms with van der Waals surface area (Å²) in [5.74, 6) is 0. The maximum absolute atomic E-state index is 10.1.